The molecular weight excluding hydrogens is 182 g/mol. The van der Waals surface area contributed by atoms with Gasteiger partial charge in [-0.2, -0.15) is 0 Å². The van der Waals surface area contributed by atoms with E-state index in [2.05, 4.69) is 6.92 Å². The van der Waals surface area contributed by atoms with E-state index >= 15 is 0 Å². The number of carbonyl (C=O) groups is 1. The molecule has 0 bridgehead atoms. The number of furan rings is 1. The molecule has 1 aromatic heterocycles. The van der Waals surface area contributed by atoms with Crippen LogP contribution in [0.4, 0.5) is 5.88 Å². The van der Waals surface area contributed by atoms with Gasteiger partial charge in [-0.3, -0.25) is 0 Å². The Balaban J connectivity index is 2.78. The van der Waals surface area contributed by atoms with Gasteiger partial charge in [0.2, 0.25) is 5.76 Å². The normalized spacial score (nSPS) is 10.1. The maximum Gasteiger partial charge on any atom is 0.371 e. The van der Waals surface area contributed by atoms with Crippen LogP contribution in [-0.4, -0.2) is 24.2 Å². The molecule has 4 nitrogen and oxygen atoms in total. The monoisotopic (exact) mass is 197 g/mol. The third-order valence-corrected chi connectivity index (χ3v) is 1.99. The Bertz CT molecular complexity index is 306. The van der Waals surface area contributed by atoms with Crippen LogP contribution < -0.4 is 4.90 Å². The van der Waals surface area contributed by atoms with Gasteiger partial charge in [0.25, 0.3) is 0 Å². The van der Waals surface area contributed by atoms with E-state index in [0.29, 0.717) is 5.88 Å². The van der Waals surface area contributed by atoms with Crippen LogP contribution in [0.15, 0.2) is 16.5 Å². The van der Waals surface area contributed by atoms with Crippen LogP contribution in [0.25, 0.3) is 0 Å². The zero-order valence-electron chi connectivity index (χ0n) is 8.49. The van der Waals surface area contributed by atoms with Gasteiger partial charge in [0, 0.05) is 19.2 Å². The highest BCUT2D eigenvalue weighted by Crippen LogP contribution is 2.18. The Morgan fingerprint density at radius 1 is 1.50 bits per heavy atom. The molecule has 0 aliphatic rings. The van der Waals surface area contributed by atoms with Crippen LogP contribution in [0.2, 0.25) is 0 Å². The van der Waals surface area contributed by atoms with Crippen molar-refractivity contribution in [2.75, 3.05) is 18.0 Å². The summed E-state index contributed by atoms with van der Waals surface area (Å²) >= 11 is 0. The predicted octanol–water partition coefficient (Wildman–Crippen LogP) is 2.21. The lowest BCUT2D eigenvalue weighted by atomic mass is 10.4. The molecule has 0 aromatic carbocycles. The third-order valence-electron chi connectivity index (χ3n) is 1.99. The highest BCUT2D eigenvalue weighted by atomic mass is 16.4. The molecule has 0 fully saturated rings. The molecule has 0 amide bonds. The Kier molecular flexibility index (Phi) is 3.56. The van der Waals surface area contributed by atoms with E-state index in [1.54, 1.807) is 6.07 Å². The lowest BCUT2D eigenvalue weighted by Crippen LogP contribution is -2.22. The molecule has 0 unspecified atom stereocenters. The molecule has 1 heterocycles. The van der Waals surface area contributed by atoms with Crippen molar-refractivity contribution >= 4 is 11.9 Å². The second kappa shape index (κ2) is 4.69. The maximum absolute atomic E-state index is 10.6. The van der Waals surface area contributed by atoms with Crippen LogP contribution in [0.5, 0.6) is 0 Å². The first-order valence-electron chi connectivity index (χ1n) is 4.77. The van der Waals surface area contributed by atoms with Gasteiger partial charge in [-0.15, -0.1) is 0 Å². The average Bonchev–Trinajstić information content (AvgIpc) is 2.63. The Hall–Kier alpha value is -1.45. The summed E-state index contributed by atoms with van der Waals surface area (Å²) in [7, 11) is 0. The fourth-order valence-corrected chi connectivity index (χ4v) is 1.31. The number of aromatic carboxylic acids is 1. The summed E-state index contributed by atoms with van der Waals surface area (Å²) in [5, 5.41) is 8.67. The lowest BCUT2D eigenvalue weighted by Gasteiger charge is -2.18. The van der Waals surface area contributed by atoms with Crippen molar-refractivity contribution in [2.24, 2.45) is 0 Å². The van der Waals surface area contributed by atoms with Crippen molar-refractivity contribution in [3.05, 3.63) is 17.9 Å². The summed E-state index contributed by atoms with van der Waals surface area (Å²) in [6, 6.07) is 3.18. The summed E-state index contributed by atoms with van der Waals surface area (Å²) in [6.07, 6.45) is 1.01. The van der Waals surface area contributed by atoms with Crippen molar-refractivity contribution in [3.8, 4) is 0 Å². The highest BCUT2D eigenvalue weighted by molar-refractivity contribution is 5.84. The van der Waals surface area contributed by atoms with Gasteiger partial charge in [0.05, 0.1) is 0 Å². The first kappa shape index (κ1) is 10.6. The van der Waals surface area contributed by atoms with Gasteiger partial charge < -0.3 is 14.4 Å². The van der Waals surface area contributed by atoms with Crippen molar-refractivity contribution in [1.29, 1.82) is 0 Å². The minimum Gasteiger partial charge on any atom is -0.475 e. The molecule has 0 spiro atoms. The number of hydrogen-bond acceptors (Lipinski definition) is 3. The van der Waals surface area contributed by atoms with E-state index in [0.717, 1.165) is 19.5 Å². The number of carboxylic acid groups (broad SMARTS) is 1. The fourth-order valence-electron chi connectivity index (χ4n) is 1.31. The second-order valence-corrected chi connectivity index (χ2v) is 3.02. The molecule has 78 valence electrons. The van der Waals surface area contributed by atoms with Crippen LogP contribution in [0.1, 0.15) is 30.8 Å². The molecule has 0 atom stereocenters. The minimum atomic E-state index is -1.02. The van der Waals surface area contributed by atoms with E-state index in [9.17, 15) is 4.79 Å². The van der Waals surface area contributed by atoms with E-state index in [-0.39, 0.29) is 5.76 Å². The van der Waals surface area contributed by atoms with E-state index in [4.69, 9.17) is 9.52 Å². The van der Waals surface area contributed by atoms with E-state index < -0.39 is 5.97 Å². The van der Waals surface area contributed by atoms with Gasteiger partial charge >= 0.3 is 5.97 Å². The number of nitrogens with zero attached hydrogens (tertiary/aromatic N) is 1. The van der Waals surface area contributed by atoms with Crippen molar-refractivity contribution < 1.29 is 14.3 Å². The quantitative estimate of drug-likeness (QED) is 0.786. The van der Waals surface area contributed by atoms with E-state index in [1.165, 1.54) is 6.07 Å². The second-order valence-electron chi connectivity index (χ2n) is 3.02. The van der Waals surface area contributed by atoms with Crippen molar-refractivity contribution in [1.82, 2.24) is 0 Å². The summed E-state index contributed by atoms with van der Waals surface area (Å²) in [4.78, 5) is 12.6. The standard InChI is InChI=1S/C10H15NO3/c1-3-7-11(4-2)9-6-5-8(14-9)10(12)13/h5-6H,3-4,7H2,1-2H3,(H,12,13). The van der Waals surface area contributed by atoms with Gasteiger partial charge in [-0.1, -0.05) is 6.92 Å². The number of anilines is 1. The topological polar surface area (TPSA) is 53.7 Å². The summed E-state index contributed by atoms with van der Waals surface area (Å²) in [6.45, 7) is 5.78. The fraction of sp³-hybridized carbons (Fsp3) is 0.500. The maximum atomic E-state index is 10.6. The first-order valence-corrected chi connectivity index (χ1v) is 4.77. The van der Waals surface area contributed by atoms with Crippen molar-refractivity contribution in [2.45, 2.75) is 20.3 Å². The molecule has 0 radical (unpaired) electrons. The summed E-state index contributed by atoms with van der Waals surface area (Å²) < 4.78 is 5.18. The summed E-state index contributed by atoms with van der Waals surface area (Å²) in [5.41, 5.74) is 0. The molecule has 1 aromatic rings. The Labute approximate surface area is 83.1 Å². The first-order chi connectivity index (χ1) is 6.69. The van der Waals surface area contributed by atoms with Crippen LogP contribution >= 0.6 is 0 Å². The van der Waals surface area contributed by atoms with Gasteiger partial charge in [0.1, 0.15) is 0 Å². The molecule has 0 saturated carbocycles. The highest BCUT2D eigenvalue weighted by Gasteiger charge is 2.12. The minimum absolute atomic E-state index is 0.00504. The number of hydrogen-bond donors (Lipinski definition) is 1. The molecule has 0 aliphatic carbocycles. The van der Waals surface area contributed by atoms with Gasteiger partial charge in [-0.25, -0.2) is 4.79 Å². The average molecular weight is 197 g/mol. The zero-order chi connectivity index (χ0) is 10.6. The molecule has 0 aliphatic heterocycles. The van der Waals surface area contributed by atoms with Gasteiger partial charge in [-0.05, 0) is 19.4 Å². The van der Waals surface area contributed by atoms with Crippen molar-refractivity contribution in [3.63, 3.8) is 0 Å². The molecule has 1 N–H and O–H groups in total. The molecule has 14 heavy (non-hydrogen) atoms. The largest absolute Gasteiger partial charge is 0.475 e. The molecule has 0 saturated heterocycles. The third kappa shape index (κ3) is 2.28. The molecular formula is C10H15NO3. The van der Waals surface area contributed by atoms with E-state index in [1.807, 2.05) is 11.8 Å². The number of carboxylic acids is 1. The summed E-state index contributed by atoms with van der Waals surface area (Å²) in [5.74, 6) is -0.398. The lowest BCUT2D eigenvalue weighted by molar-refractivity contribution is 0.0663. The predicted molar refractivity (Wildman–Crippen MR) is 53.8 cm³/mol. The zero-order valence-corrected chi connectivity index (χ0v) is 8.49. The van der Waals surface area contributed by atoms with Crippen LogP contribution in [0, 0.1) is 0 Å². The van der Waals surface area contributed by atoms with Crippen LogP contribution in [-0.2, 0) is 0 Å². The number of rotatable bonds is 5. The molecule has 4 heteroatoms. The SMILES string of the molecule is CCCN(CC)c1ccc(C(=O)O)o1. The molecule has 1 rings (SSSR count). The smallest absolute Gasteiger partial charge is 0.371 e. The van der Waals surface area contributed by atoms with Crippen LogP contribution in [0.3, 0.4) is 0 Å². The van der Waals surface area contributed by atoms with Gasteiger partial charge in [0.15, 0.2) is 5.88 Å². The Morgan fingerprint density at radius 2 is 2.21 bits per heavy atom. The Morgan fingerprint density at radius 3 is 2.64 bits per heavy atom.